The van der Waals surface area contributed by atoms with Gasteiger partial charge >= 0.3 is 0 Å². The quantitative estimate of drug-likeness (QED) is 0.769. The number of carbonyl (C=O) groups is 1. The number of hydrogen-bond donors (Lipinski definition) is 1. The summed E-state index contributed by atoms with van der Waals surface area (Å²) in [5, 5.41) is 3.27. The summed E-state index contributed by atoms with van der Waals surface area (Å²) < 4.78 is 0. The lowest BCUT2D eigenvalue weighted by Crippen LogP contribution is -2.07. The van der Waals surface area contributed by atoms with Crippen molar-refractivity contribution in [2.75, 3.05) is 11.6 Å². The van der Waals surface area contributed by atoms with E-state index in [0.717, 1.165) is 4.90 Å². The first-order valence-electron chi connectivity index (χ1n) is 3.75. The van der Waals surface area contributed by atoms with E-state index in [-0.39, 0.29) is 5.91 Å². The summed E-state index contributed by atoms with van der Waals surface area (Å²) in [5.41, 5.74) is 0.698. The third-order valence-electron chi connectivity index (χ3n) is 1.50. The van der Waals surface area contributed by atoms with E-state index >= 15 is 0 Å². The molecule has 2 nitrogen and oxygen atoms in total. The average molecular weight is 216 g/mol. The van der Waals surface area contributed by atoms with Crippen LogP contribution in [-0.4, -0.2) is 12.2 Å². The van der Waals surface area contributed by atoms with Gasteiger partial charge in [-0.25, -0.2) is 0 Å². The highest BCUT2D eigenvalue weighted by atomic mass is 35.5. The Bertz CT molecular complexity index is 327. The fourth-order valence-corrected chi connectivity index (χ4v) is 1.83. The van der Waals surface area contributed by atoms with Gasteiger partial charge in [-0.15, -0.1) is 11.8 Å². The highest BCUT2D eigenvalue weighted by Gasteiger charge is 2.06. The third-order valence-corrected chi connectivity index (χ3v) is 2.59. The Morgan fingerprint density at radius 2 is 2.23 bits per heavy atom. The molecule has 0 radical (unpaired) electrons. The molecule has 0 unspecified atom stereocenters. The highest BCUT2D eigenvalue weighted by Crippen LogP contribution is 2.31. The molecule has 4 heteroatoms. The average Bonchev–Trinajstić information content (AvgIpc) is 2.08. The lowest BCUT2D eigenvalue weighted by Gasteiger charge is -2.08. The third kappa shape index (κ3) is 2.64. The molecular weight excluding hydrogens is 206 g/mol. The Balaban J connectivity index is 3.07. The molecule has 0 atom stereocenters. The van der Waals surface area contributed by atoms with E-state index in [4.69, 9.17) is 11.6 Å². The minimum Gasteiger partial charge on any atom is -0.324 e. The fourth-order valence-electron chi connectivity index (χ4n) is 0.972. The maximum absolute atomic E-state index is 10.9. The van der Waals surface area contributed by atoms with E-state index in [0.29, 0.717) is 10.7 Å². The van der Waals surface area contributed by atoms with Gasteiger partial charge in [0.25, 0.3) is 0 Å². The molecule has 0 aliphatic rings. The maximum atomic E-state index is 10.9. The Kier molecular flexibility index (Phi) is 3.63. The number of halogens is 1. The van der Waals surface area contributed by atoms with Crippen LogP contribution in [0.25, 0.3) is 0 Å². The number of carbonyl (C=O) groups excluding carboxylic acids is 1. The fraction of sp³-hybridized carbons (Fsp3) is 0.222. The Morgan fingerprint density at radius 1 is 1.54 bits per heavy atom. The number of thioether (sulfide) groups is 1. The first-order valence-corrected chi connectivity index (χ1v) is 5.35. The van der Waals surface area contributed by atoms with Crippen molar-refractivity contribution in [1.29, 1.82) is 0 Å². The molecule has 1 rings (SSSR count). The smallest absolute Gasteiger partial charge is 0.221 e. The van der Waals surface area contributed by atoms with E-state index < -0.39 is 0 Å². The zero-order valence-electron chi connectivity index (χ0n) is 7.43. The molecule has 13 heavy (non-hydrogen) atoms. The standard InChI is InChI=1S/C9H10ClNOS/c1-6(12)11-9-7(10)4-3-5-8(9)13-2/h3-5H,1-2H3,(H,11,12). The first-order chi connectivity index (χ1) is 6.15. The number of benzene rings is 1. The van der Waals surface area contributed by atoms with E-state index in [1.165, 1.54) is 6.92 Å². The van der Waals surface area contributed by atoms with E-state index in [1.54, 1.807) is 17.8 Å². The van der Waals surface area contributed by atoms with E-state index in [2.05, 4.69) is 5.32 Å². The topological polar surface area (TPSA) is 29.1 Å². The van der Waals surface area contributed by atoms with Crippen LogP contribution in [0, 0.1) is 0 Å². The summed E-state index contributed by atoms with van der Waals surface area (Å²) in [6.45, 7) is 1.47. The van der Waals surface area contributed by atoms with Crippen molar-refractivity contribution in [3.63, 3.8) is 0 Å². The Labute approximate surface area is 86.7 Å². The van der Waals surface area contributed by atoms with Crippen LogP contribution in [0.3, 0.4) is 0 Å². The van der Waals surface area contributed by atoms with Gasteiger partial charge < -0.3 is 5.32 Å². The second-order valence-corrected chi connectivity index (χ2v) is 3.75. The molecule has 0 spiro atoms. The van der Waals surface area contributed by atoms with Crippen LogP contribution < -0.4 is 5.32 Å². The van der Waals surface area contributed by atoms with Crippen LogP contribution in [-0.2, 0) is 4.79 Å². The number of rotatable bonds is 2. The maximum Gasteiger partial charge on any atom is 0.221 e. The van der Waals surface area contributed by atoms with Gasteiger partial charge in [-0.1, -0.05) is 17.7 Å². The van der Waals surface area contributed by atoms with Gasteiger partial charge in [0.1, 0.15) is 0 Å². The molecule has 0 fully saturated rings. The molecule has 0 aliphatic heterocycles. The molecule has 1 aromatic carbocycles. The van der Waals surface area contributed by atoms with Crippen molar-refractivity contribution in [3.8, 4) is 0 Å². The molecule has 0 aromatic heterocycles. The second-order valence-electron chi connectivity index (χ2n) is 2.50. The van der Waals surface area contributed by atoms with Crippen LogP contribution in [0.2, 0.25) is 5.02 Å². The van der Waals surface area contributed by atoms with Crippen molar-refractivity contribution in [3.05, 3.63) is 23.2 Å². The Hall–Kier alpha value is -0.670. The van der Waals surface area contributed by atoms with Gasteiger partial charge in [0.05, 0.1) is 10.7 Å². The second kappa shape index (κ2) is 4.53. The molecule has 0 saturated heterocycles. The normalized spacial score (nSPS) is 9.77. The van der Waals surface area contributed by atoms with Crippen LogP contribution in [0.1, 0.15) is 6.92 Å². The summed E-state index contributed by atoms with van der Waals surface area (Å²) in [4.78, 5) is 11.8. The molecule has 0 heterocycles. The monoisotopic (exact) mass is 215 g/mol. The zero-order chi connectivity index (χ0) is 9.84. The van der Waals surface area contributed by atoms with Crippen LogP contribution >= 0.6 is 23.4 Å². The number of hydrogen-bond acceptors (Lipinski definition) is 2. The molecule has 1 aromatic rings. The zero-order valence-corrected chi connectivity index (χ0v) is 9.00. The van der Waals surface area contributed by atoms with Crippen LogP contribution in [0.4, 0.5) is 5.69 Å². The molecule has 0 saturated carbocycles. The van der Waals surface area contributed by atoms with Gasteiger partial charge in [-0.2, -0.15) is 0 Å². The number of anilines is 1. The van der Waals surface area contributed by atoms with Crippen LogP contribution in [0.5, 0.6) is 0 Å². The molecule has 1 N–H and O–H groups in total. The number of para-hydroxylation sites is 1. The largest absolute Gasteiger partial charge is 0.324 e. The summed E-state index contributed by atoms with van der Waals surface area (Å²) in [5.74, 6) is -0.108. The molecule has 0 bridgehead atoms. The van der Waals surface area contributed by atoms with Gasteiger partial charge in [0.15, 0.2) is 0 Å². The molecule has 1 amide bonds. The molecular formula is C9H10ClNOS. The van der Waals surface area contributed by atoms with Crippen molar-refractivity contribution in [1.82, 2.24) is 0 Å². The van der Waals surface area contributed by atoms with E-state index in [9.17, 15) is 4.79 Å². The van der Waals surface area contributed by atoms with Gasteiger partial charge in [0, 0.05) is 11.8 Å². The predicted molar refractivity (Wildman–Crippen MR) is 57.5 cm³/mol. The SMILES string of the molecule is CSc1cccc(Cl)c1NC(C)=O. The van der Waals surface area contributed by atoms with Crippen molar-refractivity contribution >= 4 is 35.0 Å². The van der Waals surface area contributed by atoms with Crippen molar-refractivity contribution < 1.29 is 4.79 Å². The lowest BCUT2D eigenvalue weighted by molar-refractivity contribution is -0.114. The van der Waals surface area contributed by atoms with Crippen molar-refractivity contribution in [2.24, 2.45) is 0 Å². The van der Waals surface area contributed by atoms with Crippen LogP contribution in [0.15, 0.2) is 23.1 Å². The minimum absolute atomic E-state index is 0.108. The lowest BCUT2D eigenvalue weighted by atomic mass is 10.3. The van der Waals surface area contributed by atoms with E-state index in [1.807, 2.05) is 18.4 Å². The summed E-state index contributed by atoms with van der Waals surface area (Å²) in [7, 11) is 0. The summed E-state index contributed by atoms with van der Waals surface area (Å²) >= 11 is 7.48. The first kappa shape index (κ1) is 10.4. The van der Waals surface area contributed by atoms with Crippen molar-refractivity contribution in [2.45, 2.75) is 11.8 Å². The molecule has 0 aliphatic carbocycles. The summed E-state index contributed by atoms with van der Waals surface area (Å²) in [6.07, 6.45) is 1.94. The van der Waals surface area contributed by atoms with Gasteiger partial charge in [-0.05, 0) is 18.4 Å². The molecule has 70 valence electrons. The predicted octanol–water partition coefficient (Wildman–Crippen LogP) is 3.02. The Morgan fingerprint density at radius 3 is 2.77 bits per heavy atom. The number of amides is 1. The van der Waals surface area contributed by atoms with Gasteiger partial charge in [0.2, 0.25) is 5.91 Å². The summed E-state index contributed by atoms with van der Waals surface area (Å²) in [6, 6.07) is 5.54. The van der Waals surface area contributed by atoms with Gasteiger partial charge in [-0.3, -0.25) is 4.79 Å². The number of nitrogens with one attached hydrogen (secondary N) is 1. The minimum atomic E-state index is -0.108. The highest BCUT2D eigenvalue weighted by molar-refractivity contribution is 7.98.